The largest absolute Gasteiger partial charge is 0.400 e. The fourth-order valence-corrected chi connectivity index (χ4v) is 12.6. The minimum atomic E-state index is -0.260. The first-order valence-electron chi connectivity index (χ1n) is 18.9. The van der Waals surface area contributed by atoms with Crippen LogP contribution in [0.4, 0.5) is 0 Å². The van der Waals surface area contributed by atoms with Crippen molar-refractivity contribution in [1.82, 2.24) is 4.90 Å². The van der Waals surface area contributed by atoms with Gasteiger partial charge in [-0.2, -0.15) is 0 Å². The molecule has 252 valence electrons. The van der Waals surface area contributed by atoms with Gasteiger partial charge in [0.15, 0.2) is 6.29 Å². The number of nitrogens with zero attached hydrogens (tertiary/aromatic N) is 1. The van der Waals surface area contributed by atoms with E-state index in [-0.39, 0.29) is 17.8 Å². The quantitative estimate of drug-likeness (QED) is 0.345. The first-order chi connectivity index (χ1) is 21.2. The summed E-state index contributed by atoms with van der Waals surface area (Å²) in [5.41, 5.74) is 1.79. The highest BCUT2D eigenvalue weighted by Crippen LogP contribution is 2.87. The molecule has 0 aromatic carbocycles. The standard InChI is InChI=1S/C35H55NO4.C2H6.CH4O/c1-5-23-8-9-25-27(39-23)19-26-24-10-11-28-32(2,3)29(12-13-35(28)21-34(24,35)15-14-33(25,26)4)40-31-20-36(16-17-38-31)30(37)18-22-6-7-22;2*1-2/h22-29,31H,5-21H2,1-4H3;1-2H3;2H,1H3/t23?,24?,25-,26?,27?,28?,29-,31?,33?,34-,35?;;/m0../s1. The molecule has 2 spiro atoms. The number of amides is 1. The summed E-state index contributed by atoms with van der Waals surface area (Å²) in [6, 6.07) is 0. The molecule has 8 aliphatic rings. The van der Waals surface area contributed by atoms with Crippen molar-refractivity contribution in [2.24, 2.45) is 51.2 Å². The van der Waals surface area contributed by atoms with Gasteiger partial charge in [0.1, 0.15) is 0 Å². The minimum absolute atomic E-state index is 0.151. The van der Waals surface area contributed by atoms with Crippen LogP contribution >= 0.6 is 0 Å². The predicted octanol–water partition coefficient (Wildman–Crippen LogP) is 7.61. The van der Waals surface area contributed by atoms with Crippen molar-refractivity contribution >= 4 is 5.91 Å². The Bertz CT molecular complexity index is 1030. The molecule has 6 aliphatic carbocycles. The molecule has 8 fully saturated rings. The van der Waals surface area contributed by atoms with Crippen LogP contribution in [0.5, 0.6) is 0 Å². The Kier molecular flexibility index (Phi) is 9.36. The third-order valence-electron chi connectivity index (χ3n) is 14.9. The van der Waals surface area contributed by atoms with Crippen LogP contribution in [0, 0.1) is 51.2 Å². The normalized spacial score (nSPS) is 48.0. The maximum atomic E-state index is 12.8. The number of morpholine rings is 1. The van der Waals surface area contributed by atoms with E-state index in [1.165, 1.54) is 77.0 Å². The lowest BCUT2D eigenvalue weighted by Crippen LogP contribution is -2.56. The minimum Gasteiger partial charge on any atom is -0.400 e. The Morgan fingerprint density at radius 2 is 1.66 bits per heavy atom. The zero-order chi connectivity index (χ0) is 31.5. The molecule has 0 aromatic heterocycles. The fraction of sp³-hybridized carbons (Fsp3) is 0.974. The van der Waals surface area contributed by atoms with E-state index in [4.69, 9.17) is 19.3 Å². The summed E-state index contributed by atoms with van der Waals surface area (Å²) in [5, 5.41) is 7.00. The van der Waals surface area contributed by atoms with E-state index in [9.17, 15) is 4.79 Å². The molecule has 2 heterocycles. The van der Waals surface area contributed by atoms with Crippen molar-refractivity contribution in [3.05, 3.63) is 0 Å². The van der Waals surface area contributed by atoms with Crippen LogP contribution in [0.1, 0.15) is 131 Å². The highest BCUT2D eigenvalue weighted by Gasteiger charge is 2.80. The molecule has 1 N–H and O–H groups in total. The third-order valence-corrected chi connectivity index (χ3v) is 14.9. The second-order valence-electron chi connectivity index (χ2n) is 16.7. The van der Waals surface area contributed by atoms with Gasteiger partial charge in [0.05, 0.1) is 31.5 Å². The molecular weight excluding hydrogens is 550 g/mol. The first-order valence-corrected chi connectivity index (χ1v) is 18.9. The molecule has 0 aromatic rings. The van der Waals surface area contributed by atoms with Gasteiger partial charge in [-0.25, -0.2) is 0 Å². The number of hydrogen-bond acceptors (Lipinski definition) is 5. The predicted molar refractivity (Wildman–Crippen MR) is 174 cm³/mol. The van der Waals surface area contributed by atoms with E-state index >= 15 is 0 Å². The van der Waals surface area contributed by atoms with Gasteiger partial charge >= 0.3 is 0 Å². The van der Waals surface area contributed by atoms with Gasteiger partial charge < -0.3 is 24.2 Å². The van der Waals surface area contributed by atoms with Crippen LogP contribution < -0.4 is 0 Å². The number of carbonyl (C=O) groups is 1. The zero-order valence-electron chi connectivity index (χ0n) is 29.2. The van der Waals surface area contributed by atoms with Crippen LogP contribution in [-0.2, 0) is 19.0 Å². The molecule has 0 radical (unpaired) electrons. The Morgan fingerprint density at radius 1 is 0.909 bits per heavy atom. The van der Waals surface area contributed by atoms with Crippen molar-refractivity contribution in [1.29, 1.82) is 0 Å². The van der Waals surface area contributed by atoms with Crippen LogP contribution in [-0.4, -0.2) is 67.3 Å². The number of fused-ring (bicyclic) bond motifs is 4. The van der Waals surface area contributed by atoms with Gasteiger partial charge in [0, 0.05) is 20.1 Å². The van der Waals surface area contributed by atoms with E-state index in [1.807, 2.05) is 18.7 Å². The number of ether oxygens (including phenoxy) is 3. The Labute approximate surface area is 268 Å². The van der Waals surface area contributed by atoms with Crippen molar-refractivity contribution in [3.63, 3.8) is 0 Å². The third kappa shape index (κ3) is 5.14. The Balaban J connectivity index is 0.000000826. The molecule has 8 unspecified atom stereocenters. The highest BCUT2D eigenvalue weighted by atomic mass is 16.7. The summed E-state index contributed by atoms with van der Waals surface area (Å²) in [5.74, 6) is 4.29. The molecule has 11 atom stereocenters. The maximum Gasteiger partial charge on any atom is 0.223 e. The highest BCUT2D eigenvalue weighted by molar-refractivity contribution is 5.76. The van der Waals surface area contributed by atoms with E-state index in [2.05, 4.69) is 27.7 Å². The van der Waals surface area contributed by atoms with Crippen molar-refractivity contribution < 1.29 is 24.1 Å². The van der Waals surface area contributed by atoms with Crippen LogP contribution in [0.2, 0.25) is 0 Å². The van der Waals surface area contributed by atoms with E-state index in [0.29, 0.717) is 53.4 Å². The average Bonchev–Trinajstić information content (AvgIpc) is 3.96. The summed E-state index contributed by atoms with van der Waals surface area (Å²) >= 11 is 0. The Hall–Kier alpha value is -0.690. The summed E-state index contributed by atoms with van der Waals surface area (Å²) in [7, 11) is 1.00. The number of hydrogen-bond donors (Lipinski definition) is 1. The number of aliphatic hydroxyl groups is 1. The number of rotatable bonds is 5. The lowest BCUT2D eigenvalue weighted by atomic mass is 9.46. The first kappa shape index (κ1) is 33.2. The smallest absolute Gasteiger partial charge is 0.223 e. The lowest BCUT2D eigenvalue weighted by Gasteiger charge is -2.60. The molecule has 8 rings (SSSR count). The molecule has 1 amide bonds. The molecule has 6 nitrogen and oxygen atoms in total. The number of carbonyl (C=O) groups excluding carboxylic acids is 1. The zero-order valence-corrected chi connectivity index (χ0v) is 29.2. The molecule has 44 heavy (non-hydrogen) atoms. The average molecular weight is 616 g/mol. The van der Waals surface area contributed by atoms with Gasteiger partial charge in [0.2, 0.25) is 5.91 Å². The van der Waals surface area contributed by atoms with Gasteiger partial charge in [-0.3, -0.25) is 4.79 Å². The van der Waals surface area contributed by atoms with Crippen molar-refractivity contribution in [2.75, 3.05) is 26.8 Å². The molecule has 2 saturated heterocycles. The van der Waals surface area contributed by atoms with Crippen LogP contribution in [0.3, 0.4) is 0 Å². The summed E-state index contributed by atoms with van der Waals surface area (Å²) in [4.78, 5) is 14.8. The SMILES string of the molecule is CC.CCC1CC[C@H]2C(CC3C4CCC5C(C)(C)[C@@H](OC6CN(C(=O)CC7CC7)CCO6)CCC56C[C@@]46CCC32C)O1.CO. The van der Waals surface area contributed by atoms with Gasteiger partial charge in [-0.1, -0.05) is 41.5 Å². The van der Waals surface area contributed by atoms with Crippen LogP contribution in [0.25, 0.3) is 0 Å². The van der Waals surface area contributed by atoms with Crippen LogP contribution in [0.15, 0.2) is 0 Å². The monoisotopic (exact) mass is 615 g/mol. The molecule has 6 saturated carbocycles. The summed E-state index contributed by atoms with van der Waals surface area (Å²) in [6.45, 7) is 16.0. The fourth-order valence-electron chi connectivity index (χ4n) is 12.6. The lowest BCUT2D eigenvalue weighted by molar-refractivity contribution is -0.244. The Morgan fingerprint density at radius 3 is 2.39 bits per heavy atom. The van der Waals surface area contributed by atoms with E-state index in [1.54, 1.807) is 0 Å². The number of aliphatic hydroxyl groups excluding tert-OH is 1. The molecule has 0 bridgehead atoms. The molecular formula is C38H65NO5. The second-order valence-corrected chi connectivity index (χ2v) is 16.7. The summed E-state index contributed by atoms with van der Waals surface area (Å²) in [6.07, 6.45) is 19.1. The molecule has 6 heteroatoms. The topological polar surface area (TPSA) is 68.2 Å². The van der Waals surface area contributed by atoms with Gasteiger partial charge in [0.25, 0.3) is 0 Å². The molecule has 2 aliphatic heterocycles. The van der Waals surface area contributed by atoms with Crippen molar-refractivity contribution in [2.45, 2.75) is 156 Å². The second kappa shape index (κ2) is 12.4. The maximum absolute atomic E-state index is 12.8. The van der Waals surface area contributed by atoms with Gasteiger partial charge in [-0.15, -0.1) is 0 Å². The van der Waals surface area contributed by atoms with E-state index < -0.39 is 0 Å². The van der Waals surface area contributed by atoms with E-state index in [0.717, 1.165) is 50.2 Å². The van der Waals surface area contributed by atoms with Crippen molar-refractivity contribution in [3.8, 4) is 0 Å². The summed E-state index contributed by atoms with van der Waals surface area (Å²) < 4.78 is 19.7. The van der Waals surface area contributed by atoms with Gasteiger partial charge in [-0.05, 0) is 135 Å².